The molecule has 0 fully saturated rings. The molecule has 0 saturated carbocycles. The van der Waals surface area contributed by atoms with Crippen LogP contribution in [0.15, 0.2) is 12.7 Å². The molecule has 0 amide bonds. The molecule has 0 rings (SSSR count). The zero-order valence-corrected chi connectivity index (χ0v) is 6.68. The van der Waals surface area contributed by atoms with E-state index in [9.17, 15) is 13.6 Å². The Morgan fingerprint density at radius 2 is 2.33 bits per heavy atom. The fraction of sp³-hybridized carbons (Fsp3) is 0.571. The van der Waals surface area contributed by atoms with Crippen molar-refractivity contribution in [3.8, 4) is 0 Å². The van der Waals surface area contributed by atoms with Crippen LogP contribution in [0.1, 0.15) is 6.92 Å². The molecular weight excluding hydrogens is 168 g/mol. The van der Waals surface area contributed by atoms with Crippen molar-refractivity contribution >= 4 is 5.97 Å². The highest BCUT2D eigenvalue weighted by atomic mass is 19.3. The maximum absolute atomic E-state index is 12.3. The van der Waals surface area contributed by atoms with Crippen LogP contribution in [0.2, 0.25) is 0 Å². The molecule has 70 valence electrons. The molecule has 5 heteroatoms. The van der Waals surface area contributed by atoms with Gasteiger partial charge in [-0.05, 0) is 6.92 Å². The predicted octanol–water partition coefficient (Wildman–Crippen LogP) is 0.870. The minimum absolute atomic E-state index is 0.324. The van der Waals surface area contributed by atoms with Crippen molar-refractivity contribution in [1.29, 1.82) is 0 Å². The topological polar surface area (TPSA) is 49.3 Å². The van der Waals surface area contributed by atoms with E-state index in [1.807, 2.05) is 0 Å². The molecule has 0 spiro atoms. The Bertz CT molecular complexity index is 182. The van der Waals surface area contributed by atoms with Gasteiger partial charge in [-0.15, -0.1) is 6.58 Å². The van der Waals surface area contributed by atoms with Gasteiger partial charge in [0.15, 0.2) is 0 Å². The lowest BCUT2D eigenvalue weighted by atomic mass is 10.3. The largest absolute Gasteiger partial charge is 0.477 e. The number of alkyl halides is 2. The molecule has 0 bridgehead atoms. The summed E-state index contributed by atoms with van der Waals surface area (Å²) in [6, 6.07) is -0.324. The van der Waals surface area contributed by atoms with Crippen molar-refractivity contribution < 1.29 is 18.7 Å². The van der Waals surface area contributed by atoms with Gasteiger partial charge in [0.25, 0.3) is 0 Å². The van der Waals surface area contributed by atoms with Gasteiger partial charge >= 0.3 is 11.9 Å². The third-order valence-electron chi connectivity index (χ3n) is 1.31. The van der Waals surface area contributed by atoms with Crippen LogP contribution in [0.4, 0.5) is 8.78 Å². The lowest BCUT2D eigenvalue weighted by Gasteiger charge is -2.14. The van der Waals surface area contributed by atoms with Crippen molar-refractivity contribution in [2.24, 2.45) is 0 Å². The van der Waals surface area contributed by atoms with Crippen LogP contribution in [0, 0.1) is 0 Å². The maximum atomic E-state index is 12.3. The Labute approximate surface area is 69.1 Å². The Kier molecular flexibility index (Phi) is 3.82. The summed E-state index contributed by atoms with van der Waals surface area (Å²) in [6.45, 7) is 4.07. The minimum atomic E-state index is -3.71. The summed E-state index contributed by atoms with van der Waals surface area (Å²) in [5.41, 5.74) is 0. The summed E-state index contributed by atoms with van der Waals surface area (Å²) in [6.07, 6.45) is 1.41. The number of carboxylic acids is 1. The Balaban J connectivity index is 3.91. The fourth-order valence-corrected chi connectivity index (χ4v) is 0.448. The number of halogens is 2. The van der Waals surface area contributed by atoms with E-state index in [1.54, 1.807) is 6.92 Å². The van der Waals surface area contributed by atoms with E-state index in [-0.39, 0.29) is 6.04 Å². The number of hydrogen-bond donors (Lipinski definition) is 2. The van der Waals surface area contributed by atoms with E-state index >= 15 is 0 Å². The normalized spacial score (nSPS) is 13.9. The van der Waals surface area contributed by atoms with Gasteiger partial charge in [0.1, 0.15) is 0 Å². The highest BCUT2D eigenvalue weighted by Crippen LogP contribution is 2.11. The molecule has 12 heavy (non-hydrogen) atoms. The monoisotopic (exact) mass is 179 g/mol. The summed E-state index contributed by atoms with van der Waals surface area (Å²) < 4.78 is 24.7. The number of carboxylic acid groups (broad SMARTS) is 1. The van der Waals surface area contributed by atoms with Crippen LogP contribution in [-0.4, -0.2) is 29.6 Å². The quantitative estimate of drug-likeness (QED) is 0.615. The molecule has 0 aliphatic carbocycles. The van der Waals surface area contributed by atoms with Crippen LogP contribution in [-0.2, 0) is 4.79 Å². The van der Waals surface area contributed by atoms with Crippen molar-refractivity contribution in [3.05, 3.63) is 12.7 Å². The van der Waals surface area contributed by atoms with Gasteiger partial charge in [-0.2, -0.15) is 8.78 Å². The number of hydrogen-bond acceptors (Lipinski definition) is 2. The van der Waals surface area contributed by atoms with E-state index in [0.29, 0.717) is 0 Å². The van der Waals surface area contributed by atoms with Crippen LogP contribution in [0.25, 0.3) is 0 Å². The molecule has 1 atom stereocenters. The van der Waals surface area contributed by atoms with Gasteiger partial charge in [0, 0.05) is 6.04 Å². The highest BCUT2D eigenvalue weighted by molar-refractivity contribution is 5.75. The van der Waals surface area contributed by atoms with Crippen molar-refractivity contribution in [1.82, 2.24) is 5.32 Å². The average molecular weight is 179 g/mol. The molecule has 0 heterocycles. The van der Waals surface area contributed by atoms with Gasteiger partial charge < -0.3 is 10.4 Å². The first-order chi connectivity index (χ1) is 5.40. The maximum Gasteiger partial charge on any atom is 0.375 e. The van der Waals surface area contributed by atoms with Gasteiger partial charge in [-0.1, -0.05) is 6.08 Å². The summed E-state index contributed by atoms with van der Waals surface area (Å²) >= 11 is 0. The van der Waals surface area contributed by atoms with E-state index in [1.165, 1.54) is 6.08 Å². The van der Waals surface area contributed by atoms with Crippen LogP contribution in [0.3, 0.4) is 0 Å². The number of aliphatic carboxylic acids is 1. The summed E-state index contributed by atoms with van der Waals surface area (Å²) in [5.74, 6) is -5.83. The standard InChI is InChI=1S/C7H11F2NO2/c1-3-5(2)10-4-7(8,9)6(11)12/h3,5,10H,1,4H2,2H3,(H,11,12). The number of carbonyl (C=O) groups is 1. The second-order valence-corrected chi connectivity index (χ2v) is 2.41. The predicted molar refractivity (Wildman–Crippen MR) is 40.2 cm³/mol. The molecule has 3 nitrogen and oxygen atoms in total. The Hall–Kier alpha value is -0.970. The van der Waals surface area contributed by atoms with Crippen LogP contribution in [0.5, 0.6) is 0 Å². The average Bonchev–Trinajstić information content (AvgIpc) is 2.00. The molecule has 0 aromatic carbocycles. The van der Waals surface area contributed by atoms with Crippen molar-refractivity contribution in [2.45, 2.75) is 18.9 Å². The molecule has 1 unspecified atom stereocenters. The second-order valence-electron chi connectivity index (χ2n) is 2.41. The van der Waals surface area contributed by atoms with Crippen molar-refractivity contribution in [3.63, 3.8) is 0 Å². The van der Waals surface area contributed by atoms with Crippen molar-refractivity contribution in [2.75, 3.05) is 6.54 Å². The first kappa shape index (κ1) is 11.0. The summed E-state index contributed by atoms with van der Waals surface area (Å²) in [4.78, 5) is 9.91. The smallest absolute Gasteiger partial charge is 0.375 e. The lowest BCUT2D eigenvalue weighted by molar-refractivity contribution is -0.164. The fourth-order valence-electron chi connectivity index (χ4n) is 0.448. The van der Waals surface area contributed by atoms with E-state index in [2.05, 4.69) is 11.9 Å². The van der Waals surface area contributed by atoms with Gasteiger partial charge in [0.2, 0.25) is 0 Å². The third kappa shape index (κ3) is 3.43. The first-order valence-electron chi connectivity index (χ1n) is 3.37. The van der Waals surface area contributed by atoms with E-state index in [0.717, 1.165) is 0 Å². The Morgan fingerprint density at radius 3 is 2.67 bits per heavy atom. The lowest BCUT2D eigenvalue weighted by Crippen LogP contribution is -2.42. The van der Waals surface area contributed by atoms with Gasteiger partial charge in [-0.25, -0.2) is 4.79 Å². The minimum Gasteiger partial charge on any atom is -0.477 e. The van der Waals surface area contributed by atoms with Gasteiger partial charge in [0.05, 0.1) is 6.54 Å². The Morgan fingerprint density at radius 1 is 1.83 bits per heavy atom. The summed E-state index contributed by atoms with van der Waals surface area (Å²) in [7, 11) is 0. The molecule has 0 aromatic heterocycles. The molecular formula is C7H11F2NO2. The molecule has 0 aliphatic rings. The second kappa shape index (κ2) is 4.15. The SMILES string of the molecule is C=CC(C)NCC(F)(F)C(=O)O. The molecule has 2 N–H and O–H groups in total. The molecule has 0 saturated heterocycles. The molecule has 0 aromatic rings. The van der Waals surface area contributed by atoms with E-state index in [4.69, 9.17) is 5.11 Å². The molecule has 0 radical (unpaired) electrons. The summed E-state index contributed by atoms with van der Waals surface area (Å²) in [5, 5.41) is 10.3. The first-order valence-corrected chi connectivity index (χ1v) is 3.37. The zero-order valence-electron chi connectivity index (χ0n) is 6.68. The number of nitrogens with one attached hydrogen (secondary N) is 1. The number of rotatable bonds is 5. The zero-order chi connectivity index (χ0) is 9.78. The molecule has 0 aliphatic heterocycles. The van der Waals surface area contributed by atoms with Gasteiger partial charge in [-0.3, -0.25) is 0 Å². The highest BCUT2D eigenvalue weighted by Gasteiger charge is 2.38. The third-order valence-corrected chi connectivity index (χ3v) is 1.31. The van der Waals surface area contributed by atoms with Crippen LogP contribution < -0.4 is 5.32 Å². The van der Waals surface area contributed by atoms with E-state index < -0.39 is 18.4 Å². The van der Waals surface area contributed by atoms with Crippen LogP contribution >= 0.6 is 0 Å².